The molecule has 42 heavy (non-hydrogen) atoms. The number of nitrogens with two attached hydrogens (primary N) is 1. The number of thiophene rings is 1. The van der Waals surface area contributed by atoms with E-state index in [-0.39, 0.29) is 37.0 Å². The number of halogens is 4. The summed E-state index contributed by atoms with van der Waals surface area (Å²) in [6.45, 7) is 2.04. The van der Waals surface area contributed by atoms with Gasteiger partial charge in [0.1, 0.15) is 12.0 Å². The van der Waals surface area contributed by atoms with Gasteiger partial charge in [-0.3, -0.25) is 9.59 Å². The fourth-order valence-corrected chi connectivity index (χ4v) is 5.65. The number of aromatic nitrogens is 1. The molecule has 2 aromatic heterocycles. The van der Waals surface area contributed by atoms with E-state index >= 15 is 0 Å². The molecule has 2 aromatic carbocycles. The number of aryl methyl sites for hydroxylation is 1. The zero-order chi connectivity index (χ0) is 30.0. The van der Waals surface area contributed by atoms with E-state index < -0.39 is 17.9 Å². The molecular formula is C31H26F4N4O2S. The smallest absolute Gasteiger partial charge is 0.384 e. The number of carbonyl (C=O) groups is 2. The van der Waals surface area contributed by atoms with Crippen molar-refractivity contribution in [1.29, 1.82) is 0 Å². The first-order valence-corrected chi connectivity index (χ1v) is 13.8. The Morgan fingerprint density at radius 1 is 1.07 bits per heavy atom. The van der Waals surface area contributed by atoms with Crippen LogP contribution in [0.1, 0.15) is 31.9 Å². The number of nitrogens with zero attached hydrogens (tertiary/aromatic N) is 2. The molecule has 0 aliphatic carbocycles. The summed E-state index contributed by atoms with van der Waals surface area (Å²) in [6, 6.07) is 15.4. The summed E-state index contributed by atoms with van der Waals surface area (Å²) in [7, 11) is 0. The molecule has 1 fully saturated rings. The summed E-state index contributed by atoms with van der Waals surface area (Å²) in [5.74, 6) is -0.296. The molecule has 0 spiro atoms. The summed E-state index contributed by atoms with van der Waals surface area (Å²) >= 11 is 1.19. The number of nitrogen functional groups attached to an aromatic ring is 1. The minimum atomic E-state index is -4.62. The van der Waals surface area contributed by atoms with E-state index in [1.165, 1.54) is 46.7 Å². The van der Waals surface area contributed by atoms with Crippen LogP contribution in [0.4, 0.5) is 23.4 Å². The number of pyridine rings is 1. The number of nitrogens with one attached hydrogen (secondary N) is 1. The summed E-state index contributed by atoms with van der Waals surface area (Å²) in [6.07, 6.45) is -1.16. The van der Waals surface area contributed by atoms with E-state index in [4.69, 9.17) is 5.73 Å². The Hall–Kier alpha value is -4.51. The largest absolute Gasteiger partial charge is 0.417 e. The summed E-state index contributed by atoms with van der Waals surface area (Å²) in [4.78, 5) is 31.2. The van der Waals surface area contributed by atoms with Crippen molar-refractivity contribution >= 4 is 35.0 Å². The topological polar surface area (TPSA) is 88.3 Å². The van der Waals surface area contributed by atoms with E-state index in [2.05, 4.69) is 10.3 Å². The predicted molar refractivity (Wildman–Crippen MR) is 155 cm³/mol. The van der Waals surface area contributed by atoms with Gasteiger partial charge in [-0.1, -0.05) is 24.3 Å². The third kappa shape index (κ3) is 6.52. The fraction of sp³-hybridized carbons (Fsp3) is 0.194. The van der Waals surface area contributed by atoms with Gasteiger partial charge < -0.3 is 16.0 Å². The molecule has 0 unspecified atom stereocenters. The molecule has 5 rings (SSSR count). The number of likely N-dealkylation sites (tertiary alicyclic amines) is 1. The number of alkyl halides is 4. The van der Waals surface area contributed by atoms with Gasteiger partial charge in [0, 0.05) is 33.2 Å². The van der Waals surface area contributed by atoms with E-state index in [0.717, 1.165) is 16.5 Å². The molecule has 1 aliphatic rings. The second-order valence-electron chi connectivity index (χ2n) is 9.93. The number of hydrogen-bond donors (Lipinski definition) is 2. The minimum Gasteiger partial charge on any atom is -0.384 e. The van der Waals surface area contributed by atoms with E-state index in [1.54, 1.807) is 49.4 Å². The number of anilines is 1. The van der Waals surface area contributed by atoms with Crippen LogP contribution in [0.15, 0.2) is 72.9 Å². The SMILES string of the molecule is Cc1cc(-c2ccc(-c3ccc(C(=O)N4CC(F)C4)cc3)cc2C(F)(F)F)sc1CNC(=O)C=Cc1ccc(N)nc1. The lowest BCUT2D eigenvalue weighted by molar-refractivity contribution is -0.137. The van der Waals surface area contributed by atoms with Gasteiger partial charge in [-0.25, -0.2) is 9.37 Å². The highest BCUT2D eigenvalue weighted by Gasteiger charge is 2.35. The van der Waals surface area contributed by atoms with Crippen molar-refractivity contribution in [3.63, 3.8) is 0 Å². The highest BCUT2D eigenvalue weighted by Crippen LogP contribution is 2.42. The van der Waals surface area contributed by atoms with Gasteiger partial charge >= 0.3 is 6.18 Å². The van der Waals surface area contributed by atoms with Crippen molar-refractivity contribution in [2.24, 2.45) is 0 Å². The number of amides is 2. The van der Waals surface area contributed by atoms with Crippen LogP contribution in [0.2, 0.25) is 0 Å². The fourth-order valence-electron chi connectivity index (χ4n) is 4.49. The molecule has 2 amide bonds. The number of rotatable bonds is 7. The lowest BCUT2D eigenvalue weighted by atomic mass is 9.96. The van der Waals surface area contributed by atoms with Crippen LogP contribution < -0.4 is 11.1 Å². The lowest BCUT2D eigenvalue weighted by Gasteiger charge is -2.34. The zero-order valence-corrected chi connectivity index (χ0v) is 23.2. The van der Waals surface area contributed by atoms with E-state index in [9.17, 15) is 27.2 Å². The quantitative estimate of drug-likeness (QED) is 0.189. The normalized spacial score (nSPS) is 13.8. The molecule has 216 valence electrons. The Balaban J connectivity index is 1.32. The second kappa shape index (κ2) is 11.8. The Bertz CT molecular complexity index is 1640. The average Bonchev–Trinajstić information content (AvgIpc) is 3.33. The number of hydrogen-bond acceptors (Lipinski definition) is 5. The highest BCUT2D eigenvalue weighted by molar-refractivity contribution is 7.15. The third-order valence-electron chi connectivity index (χ3n) is 6.86. The Labute approximate surface area is 243 Å². The van der Waals surface area contributed by atoms with Crippen LogP contribution in [0.5, 0.6) is 0 Å². The van der Waals surface area contributed by atoms with E-state index in [0.29, 0.717) is 32.9 Å². The highest BCUT2D eigenvalue weighted by atomic mass is 32.1. The van der Waals surface area contributed by atoms with Crippen molar-refractivity contribution in [3.8, 4) is 21.6 Å². The second-order valence-corrected chi connectivity index (χ2v) is 11.1. The van der Waals surface area contributed by atoms with Gasteiger partial charge in [0.2, 0.25) is 5.91 Å². The van der Waals surface area contributed by atoms with Gasteiger partial charge in [0.15, 0.2) is 0 Å². The van der Waals surface area contributed by atoms with E-state index in [1.807, 2.05) is 0 Å². The van der Waals surface area contributed by atoms with Gasteiger partial charge in [0.25, 0.3) is 5.91 Å². The first-order chi connectivity index (χ1) is 20.0. The predicted octanol–water partition coefficient (Wildman–Crippen LogP) is 6.51. The number of benzene rings is 2. The van der Waals surface area contributed by atoms with Crippen LogP contribution in [0.3, 0.4) is 0 Å². The maximum Gasteiger partial charge on any atom is 0.417 e. The molecule has 6 nitrogen and oxygen atoms in total. The van der Waals surface area contributed by atoms with Crippen molar-refractivity contribution in [2.75, 3.05) is 18.8 Å². The summed E-state index contributed by atoms with van der Waals surface area (Å²) in [5, 5.41) is 2.76. The van der Waals surface area contributed by atoms with Crippen molar-refractivity contribution < 1.29 is 27.2 Å². The molecule has 0 bridgehead atoms. The molecule has 4 aromatic rings. The molecular weight excluding hydrogens is 568 g/mol. The molecule has 0 saturated carbocycles. The first kappa shape index (κ1) is 29.0. The van der Waals surface area contributed by atoms with Crippen LogP contribution >= 0.6 is 11.3 Å². The van der Waals surface area contributed by atoms with Gasteiger partial charge in [0.05, 0.1) is 25.2 Å². The van der Waals surface area contributed by atoms with Crippen LogP contribution in [0, 0.1) is 6.92 Å². The molecule has 11 heteroatoms. The Kier molecular flexibility index (Phi) is 8.13. The van der Waals surface area contributed by atoms with Crippen LogP contribution in [-0.2, 0) is 17.5 Å². The molecule has 1 aliphatic heterocycles. The van der Waals surface area contributed by atoms with Gasteiger partial charge in [-0.05, 0) is 71.7 Å². The lowest BCUT2D eigenvalue weighted by Crippen LogP contribution is -2.51. The van der Waals surface area contributed by atoms with Crippen molar-refractivity contribution in [1.82, 2.24) is 15.2 Å². The third-order valence-corrected chi connectivity index (χ3v) is 8.13. The summed E-state index contributed by atoms with van der Waals surface area (Å²) in [5.41, 5.74) is 7.49. The molecule has 1 saturated heterocycles. The molecule has 3 heterocycles. The van der Waals surface area contributed by atoms with Crippen LogP contribution in [0.25, 0.3) is 27.6 Å². The molecule has 3 N–H and O–H groups in total. The molecule has 0 atom stereocenters. The standard InChI is InChI=1S/C31H26F4N4O2S/c1-18-12-26(42-27(18)15-38-29(40)11-3-19-2-10-28(36)37-14-19)24-9-8-22(13-25(24)31(33,34)35)20-4-6-21(7-5-20)30(41)39-16-23(32)17-39/h2-14,23H,15-17H2,1H3,(H2,36,37)(H,38,40). The minimum absolute atomic E-state index is 0.0398. The average molecular weight is 595 g/mol. The van der Waals surface area contributed by atoms with Gasteiger partial charge in [-0.2, -0.15) is 13.2 Å². The van der Waals surface area contributed by atoms with Crippen molar-refractivity contribution in [2.45, 2.75) is 25.8 Å². The first-order valence-electron chi connectivity index (χ1n) is 13.0. The Morgan fingerprint density at radius 3 is 2.43 bits per heavy atom. The Morgan fingerprint density at radius 2 is 1.79 bits per heavy atom. The summed E-state index contributed by atoms with van der Waals surface area (Å²) < 4.78 is 55.8. The monoisotopic (exact) mass is 594 g/mol. The molecule has 0 radical (unpaired) electrons. The zero-order valence-electron chi connectivity index (χ0n) is 22.4. The van der Waals surface area contributed by atoms with Crippen LogP contribution in [-0.4, -0.2) is 41.0 Å². The maximum atomic E-state index is 14.2. The van der Waals surface area contributed by atoms with Crippen molar-refractivity contribution in [3.05, 3.63) is 100 Å². The number of carbonyl (C=O) groups excluding carboxylic acids is 2. The van der Waals surface area contributed by atoms with Gasteiger partial charge in [-0.15, -0.1) is 11.3 Å². The maximum absolute atomic E-state index is 14.2.